The van der Waals surface area contributed by atoms with E-state index in [4.69, 9.17) is 14.6 Å². The van der Waals surface area contributed by atoms with Crippen molar-refractivity contribution in [1.29, 1.82) is 5.41 Å². The molecule has 8 nitrogen and oxygen atoms in total. The second kappa shape index (κ2) is 9.13. The van der Waals surface area contributed by atoms with Crippen LogP contribution < -0.4 is 10.1 Å². The summed E-state index contributed by atoms with van der Waals surface area (Å²) in [6, 6.07) is 5.59. The number of ether oxygens (including phenoxy) is 1. The monoisotopic (exact) mass is 450 g/mol. The normalized spacial score (nSPS) is 16.7. The van der Waals surface area contributed by atoms with E-state index in [0.717, 1.165) is 30.6 Å². The Morgan fingerprint density at radius 3 is 2.85 bits per heavy atom. The van der Waals surface area contributed by atoms with Crippen LogP contribution in [0.15, 0.2) is 28.8 Å². The minimum absolute atomic E-state index is 0.0304. The maximum absolute atomic E-state index is 13.1. The van der Waals surface area contributed by atoms with E-state index in [2.05, 4.69) is 17.2 Å². The molecule has 3 aromatic rings. The summed E-state index contributed by atoms with van der Waals surface area (Å²) in [5, 5.41) is 11.0. The molecule has 0 radical (unpaired) electrons. The molecule has 1 saturated heterocycles. The summed E-state index contributed by atoms with van der Waals surface area (Å²) >= 11 is 0. The number of rotatable bonds is 7. The van der Waals surface area contributed by atoms with E-state index < -0.39 is 6.10 Å². The minimum Gasteiger partial charge on any atom is -0.484 e. The van der Waals surface area contributed by atoms with Gasteiger partial charge in [-0.1, -0.05) is 0 Å². The molecule has 0 spiro atoms. The quantitative estimate of drug-likeness (QED) is 0.460. The number of nitrogens with one attached hydrogen (secondary N) is 3. The van der Waals surface area contributed by atoms with Gasteiger partial charge in [-0.3, -0.25) is 9.59 Å². The second-order valence-electron chi connectivity index (χ2n) is 8.55. The van der Waals surface area contributed by atoms with Crippen LogP contribution in [0.1, 0.15) is 70.0 Å². The first-order valence-corrected chi connectivity index (χ1v) is 11.2. The van der Waals surface area contributed by atoms with Crippen molar-refractivity contribution in [1.82, 2.24) is 15.2 Å². The Labute approximate surface area is 192 Å². The van der Waals surface area contributed by atoms with E-state index >= 15 is 0 Å². The largest absolute Gasteiger partial charge is 0.484 e. The van der Waals surface area contributed by atoms with Crippen molar-refractivity contribution < 1.29 is 18.7 Å². The van der Waals surface area contributed by atoms with Gasteiger partial charge in [0.15, 0.2) is 0 Å². The first kappa shape index (κ1) is 22.6. The number of fused-ring (bicyclic) bond motifs is 1. The van der Waals surface area contributed by atoms with Gasteiger partial charge in [0.1, 0.15) is 23.2 Å². The second-order valence-corrected chi connectivity index (χ2v) is 8.55. The molecule has 1 aliphatic rings. The lowest BCUT2D eigenvalue weighted by atomic mass is 10.1. The van der Waals surface area contributed by atoms with Crippen LogP contribution in [0, 0.1) is 19.3 Å². The number of aromatic amines is 1. The van der Waals surface area contributed by atoms with Crippen molar-refractivity contribution in [3.05, 3.63) is 52.5 Å². The van der Waals surface area contributed by atoms with Crippen LogP contribution in [0.5, 0.6) is 5.75 Å². The summed E-state index contributed by atoms with van der Waals surface area (Å²) in [6.07, 6.45) is 4.97. The van der Waals surface area contributed by atoms with E-state index in [-0.39, 0.29) is 17.9 Å². The van der Waals surface area contributed by atoms with Crippen LogP contribution >= 0.6 is 0 Å². The molecule has 1 aliphatic heterocycles. The molecule has 3 N–H and O–H groups in total. The Morgan fingerprint density at radius 2 is 2.18 bits per heavy atom. The van der Waals surface area contributed by atoms with Gasteiger partial charge in [0.2, 0.25) is 0 Å². The lowest BCUT2D eigenvalue weighted by Crippen LogP contribution is -2.33. The number of hydrogen-bond acceptors (Lipinski definition) is 5. The van der Waals surface area contributed by atoms with Gasteiger partial charge >= 0.3 is 0 Å². The average Bonchev–Trinajstić information content (AvgIpc) is 3.48. The number of benzene rings is 1. The van der Waals surface area contributed by atoms with Crippen molar-refractivity contribution >= 4 is 29.0 Å². The van der Waals surface area contributed by atoms with Gasteiger partial charge in [-0.15, -0.1) is 0 Å². The van der Waals surface area contributed by atoms with E-state index in [9.17, 15) is 9.59 Å². The van der Waals surface area contributed by atoms with Gasteiger partial charge < -0.3 is 29.8 Å². The summed E-state index contributed by atoms with van der Waals surface area (Å²) in [6.45, 7) is 6.53. The third-order valence-electron chi connectivity index (χ3n) is 6.45. The van der Waals surface area contributed by atoms with E-state index in [1.165, 1.54) is 6.21 Å². The number of carbonyl (C=O) groups excluding carboxylic acids is 2. The number of furan rings is 1. The Balaban J connectivity index is 1.62. The SMILES string of the molecule is CNC(=O)c1c(C)oc2cc(OC(CC=N)c3[nH]cc(C(=O)N4CCCC4C)c3C)ccc12. The maximum atomic E-state index is 13.1. The molecular formula is C25H30N4O4. The molecule has 2 amide bonds. The van der Waals surface area contributed by atoms with Gasteiger partial charge in [0.05, 0.1) is 16.8 Å². The number of carbonyl (C=O) groups is 2. The summed E-state index contributed by atoms with van der Waals surface area (Å²) in [7, 11) is 1.59. The van der Waals surface area contributed by atoms with Crippen molar-refractivity contribution in [2.45, 2.75) is 52.2 Å². The number of likely N-dealkylation sites (tertiary alicyclic amines) is 1. The molecule has 0 bridgehead atoms. The molecule has 174 valence electrons. The first-order valence-electron chi connectivity index (χ1n) is 11.2. The smallest absolute Gasteiger partial charge is 0.255 e. The highest BCUT2D eigenvalue weighted by molar-refractivity contribution is 6.07. The molecule has 2 aromatic heterocycles. The van der Waals surface area contributed by atoms with Crippen molar-refractivity contribution in [3.63, 3.8) is 0 Å². The Bertz CT molecular complexity index is 1210. The third-order valence-corrected chi connectivity index (χ3v) is 6.45. The maximum Gasteiger partial charge on any atom is 0.255 e. The summed E-state index contributed by atoms with van der Waals surface area (Å²) in [5.74, 6) is 0.926. The zero-order chi connectivity index (χ0) is 23.7. The van der Waals surface area contributed by atoms with Gasteiger partial charge in [0, 0.05) is 43.7 Å². The average molecular weight is 451 g/mol. The highest BCUT2D eigenvalue weighted by Crippen LogP contribution is 2.33. The van der Waals surface area contributed by atoms with Crippen LogP contribution in [0.3, 0.4) is 0 Å². The molecule has 1 fully saturated rings. The van der Waals surface area contributed by atoms with E-state index in [1.807, 2.05) is 11.8 Å². The van der Waals surface area contributed by atoms with Crippen molar-refractivity contribution in [3.8, 4) is 5.75 Å². The molecular weight excluding hydrogens is 420 g/mol. The van der Waals surface area contributed by atoms with Gasteiger partial charge in [-0.25, -0.2) is 0 Å². The fourth-order valence-electron chi connectivity index (χ4n) is 4.63. The van der Waals surface area contributed by atoms with E-state index in [1.54, 1.807) is 38.4 Å². The predicted octanol–water partition coefficient (Wildman–Crippen LogP) is 4.52. The Morgan fingerprint density at radius 1 is 1.39 bits per heavy atom. The lowest BCUT2D eigenvalue weighted by molar-refractivity contribution is 0.0746. The van der Waals surface area contributed by atoms with Crippen molar-refractivity contribution in [2.24, 2.45) is 0 Å². The molecule has 3 heterocycles. The van der Waals surface area contributed by atoms with Crippen LogP contribution in [0.2, 0.25) is 0 Å². The molecule has 0 aliphatic carbocycles. The predicted molar refractivity (Wildman–Crippen MR) is 126 cm³/mol. The number of amides is 2. The molecule has 33 heavy (non-hydrogen) atoms. The molecule has 4 rings (SSSR count). The lowest BCUT2D eigenvalue weighted by Gasteiger charge is -2.22. The van der Waals surface area contributed by atoms with Crippen LogP contribution in [-0.2, 0) is 0 Å². The standard InChI is InChI=1S/C25H30N4O4/c1-14-6-5-11-29(14)25(31)19-13-28-23(15(19)2)20(9-10-26)33-17-7-8-18-21(12-17)32-16(3)22(18)24(30)27-4/h7-8,10,12-14,20,26,28H,5-6,9,11H2,1-4H3,(H,27,30). The number of nitrogens with zero attached hydrogens (tertiary/aromatic N) is 1. The summed E-state index contributed by atoms with van der Waals surface area (Å²) < 4.78 is 12.0. The third kappa shape index (κ3) is 4.13. The van der Waals surface area contributed by atoms with Gasteiger partial charge in [-0.05, 0) is 57.5 Å². The van der Waals surface area contributed by atoms with Crippen LogP contribution in [0.25, 0.3) is 11.0 Å². The number of hydrogen-bond donors (Lipinski definition) is 3. The molecule has 0 saturated carbocycles. The van der Waals surface area contributed by atoms with Crippen LogP contribution in [0.4, 0.5) is 0 Å². The van der Waals surface area contributed by atoms with Crippen molar-refractivity contribution in [2.75, 3.05) is 13.6 Å². The Kier molecular flexibility index (Phi) is 6.26. The number of aromatic nitrogens is 1. The van der Waals surface area contributed by atoms with Gasteiger partial charge in [-0.2, -0.15) is 0 Å². The van der Waals surface area contributed by atoms with E-state index in [0.29, 0.717) is 40.0 Å². The fourth-order valence-corrected chi connectivity index (χ4v) is 4.63. The number of aryl methyl sites for hydroxylation is 1. The zero-order valence-electron chi connectivity index (χ0n) is 19.5. The first-order chi connectivity index (χ1) is 15.8. The highest BCUT2D eigenvalue weighted by Gasteiger charge is 2.29. The molecule has 2 unspecified atom stereocenters. The molecule has 1 aromatic carbocycles. The fraction of sp³-hybridized carbons (Fsp3) is 0.400. The van der Waals surface area contributed by atoms with Crippen LogP contribution in [-0.4, -0.2) is 47.5 Å². The highest BCUT2D eigenvalue weighted by atomic mass is 16.5. The summed E-state index contributed by atoms with van der Waals surface area (Å²) in [4.78, 5) is 30.4. The molecule has 8 heteroatoms. The van der Waals surface area contributed by atoms with Gasteiger partial charge in [0.25, 0.3) is 11.8 Å². The molecule has 2 atom stereocenters. The zero-order valence-corrected chi connectivity index (χ0v) is 19.5. The number of H-pyrrole nitrogens is 1. The summed E-state index contributed by atoms with van der Waals surface area (Å²) in [5.41, 5.74) is 3.32. The minimum atomic E-state index is -0.466. The topological polar surface area (TPSA) is 111 Å². The Hall–Kier alpha value is -3.55.